The van der Waals surface area contributed by atoms with Gasteiger partial charge in [-0.25, -0.2) is 19.3 Å². The zero-order valence-corrected chi connectivity index (χ0v) is 26.5. The SMILES string of the molecule is CCCC1COC(Cn2cncn2)(c2ccc(Cl)cc2Cl)O1.CCCCC(O)(Cn1cncn1)c1ccc(Cl)cc1Cl. The van der Waals surface area contributed by atoms with Crippen molar-refractivity contribution in [2.75, 3.05) is 6.61 Å². The number of rotatable bonds is 11. The summed E-state index contributed by atoms with van der Waals surface area (Å²) in [5.41, 5.74) is 0.353. The summed E-state index contributed by atoms with van der Waals surface area (Å²) in [7, 11) is 0. The zero-order valence-electron chi connectivity index (χ0n) is 23.5. The fraction of sp³-hybridized carbons (Fsp3) is 0.448. The maximum atomic E-state index is 11.0. The fourth-order valence-electron chi connectivity index (χ4n) is 4.88. The molecule has 0 radical (unpaired) electrons. The molecule has 9 nitrogen and oxygen atoms in total. The van der Waals surface area contributed by atoms with Gasteiger partial charge >= 0.3 is 0 Å². The Balaban J connectivity index is 0.000000194. The van der Waals surface area contributed by atoms with Gasteiger partial charge < -0.3 is 14.6 Å². The molecule has 0 saturated carbocycles. The van der Waals surface area contributed by atoms with Gasteiger partial charge in [-0.15, -0.1) is 0 Å². The molecule has 13 heteroatoms. The summed E-state index contributed by atoms with van der Waals surface area (Å²) in [6, 6.07) is 10.5. The van der Waals surface area contributed by atoms with Crippen molar-refractivity contribution in [2.24, 2.45) is 0 Å². The molecular weight excluding hydrogens is 622 g/mol. The van der Waals surface area contributed by atoms with Crippen LogP contribution < -0.4 is 0 Å². The van der Waals surface area contributed by atoms with Crippen molar-refractivity contribution >= 4 is 46.4 Å². The molecule has 226 valence electrons. The van der Waals surface area contributed by atoms with Crippen LogP contribution in [-0.2, 0) is 34.0 Å². The molecular formula is C29H34Cl4N6O3. The summed E-state index contributed by atoms with van der Waals surface area (Å²) in [6.45, 7) is 5.43. The molecule has 42 heavy (non-hydrogen) atoms. The Morgan fingerprint density at radius 3 is 2.19 bits per heavy atom. The predicted molar refractivity (Wildman–Crippen MR) is 164 cm³/mol. The third-order valence-electron chi connectivity index (χ3n) is 6.91. The van der Waals surface area contributed by atoms with Gasteiger partial charge in [0.15, 0.2) is 0 Å². The first-order valence-corrected chi connectivity index (χ1v) is 15.3. The van der Waals surface area contributed by atoms with Gasteiger partial charge in [-0.05, 0) is 37.1 Å². The quantitative estimate of drug-likeness (QED) is 0.181. The highest BCUT2D eigenvalue weighted by molar-refractivity contribution is 6.35. The van der Waals surface area contributed by atoms with Gasteiger partial charge in [0.1, 0.15) is 37.5 Å². The highest BCUT2D eigenvalue weighted by atomic mass is 35.5. The number of ether oxygens (including phenoxy) is 2. The molecule has 1 N–H and O–H groups in total. The van der Waals surface area contributed by atoms with Crippen molar-refractivity contribution in [2.45, 2.75) is 76.5 Å². The Hall–Kier alpha value is -2.24. The number of hydrogen-bond acceptors (Lipinski definition) is 7. The molecule has 2 aromatic heterocycles. The van der Waals surface area contributed by atoms with Crippen molar-refractivity contribution in [3.05, 3.63) is 92.9 Å². The van der Waals surface area contributed by atoms with Crippen LogP contribution in [0.25, 0.3) is 0 Å². The average molecular weight is 656 g/mol. The summed E-state index contributed by atoms with van der Waals surface area (Å²) in [5.74, 6) is -0.963. The third-order valence-corrected chi connectivity index (χ3v) is 8.01. The number of nitrogens with zero attached hydrogens (tertiary/aromatic N) is 6. The van der Waals surface area contributed by atoms with Crippen LogP contribution >= 0.6 is 46.4 Å². The lowest BCUT2D eigenvalue weighted by Gasteiger charge is -2.29. The van der Waals surface area contributed by atoms with Crippen LogP contribution in [0.15, 0.2) is 61.7 Å². The molecule has 0 spiro atoms. The Bertz CT molecular complexity index is 1410. The molecule has 1 aliphatic heterocycles. The van der Waals surface area contributed by atoms with Crippen molar-refractivity contribution in [1.82, 2.24) is 29.5 Å². The standard InChI is InChI=1S/C15H17Cl2N3O2.C14H17Cl2N3O/c1-2-3-12-7-21-15(22-12,8-20-10-18-9-19-20)13-5-4-11(16)6-14(13)17;1-2-3-6-14(20,8-19-10-17-9-18-19)12-5-4-11(15)7-13(12)16/h4-6,9-10,12H,2-3,7-8H2,1H3;4-5,7,9-10,20H,2-3,6,8H2,1H3. The lowest BCUT2D eigenvalue weighted by atomic mass is 9.88. The van der Waals surface area contributed by atoms with E-state index in [0.29, 0.717) is 51.8 Å². The van der Waals surface area contributed by atoms with Crippen molar-refractivity contribution < 1.29 is 14.6 Å². The van der Waals surface area contributed by atoms with Gasteiger partial charge in [0.05, 0.1) is 24.3 Å². The van der Waals surface area contributed by atoms with Gasteiger partial charge in [0, 0.05) is 26.2 Å². The number of halogens is 4. The van der Waals surface area contributed by atoms with Crippen LogP contribution in [0.1, 0.15) is 57.1 Å². The van der Waals surface area contributed by atoms with Gasteiger partial charge in [0.2, 0.25) is 5.79 Å². The van der Waals surface area contributed by atoms with Crippen LogP contribution in [-0.4, -0.2) is 47.3 Å². The molecule has 4 aromatic rings. The van der Waals surface area contributed by atoms with Gasteiger partial charge in [0.25, 0.3) is 0 Å². The second kappa shape index (κ2) is 15.0. The number of unbranched alkanes of at least 4 members (excludes halogenated alkanes) is 1. The van der Waals surface area contributed by atoms with Crippen molar-refractivity contribution in [3.63, 3.8) is 0 Å². The Morgan fingerprint density at radius 1 is 0.929 bits per heavy atom. The summed E-state index contributed by atoms with van der Waals surface area (Å²) < 4.78 is 15.6. The average Bonchev–Trinajstić information content (AvgIpc) is 3.72. The van der Waals surface area contributed by atoms with E-state index in [1.165, 1.54) is 12.7 Å². The zero-order chi connectivity index (χ0) is 30.2. The van der Waals surface area contributed by atoms with E-state index in [2.05, 4.69) is 34.0 Å². The fourth-order valence-corrected chi connectivity index (χ4v) is 6.02. The number of aromatic nitrogens is 6. The molecule has 2 aromatic carbocycles. The van der Waals surface area contributed by atoms with E-state index in [9.17, 15) is 5.11 Å². The second-order valence-electron chi connectivity index (χ2n) is 10.2. The molecule has 0 bridgehead atoms. The first-order chi connectivity index (χ1) is 20.2. The first kappa shape index (κ1) is 32.7. The van der Waals surface area contributed by atoms with E-state index in [1.54, 1.807) is 52.4 Å². The topological polar surface area (TPSA) is 100 Å². The number of benzene rings is 2. The van der Waals surface area contributed by atoms with Crippen LogP contribution in [0.3, 0.4) is 0 Å². The second-order valence-corrected chi connectivity index (χ2v) is 11.8. The summed E-state index contributed by atoms with van der Waals surface area (Å²) >= 11 is 24.5. The molecule has 1 saturated heterocycles. The van der Waals surface area contributed by atoms with Gasteiger partial charge in [-0.2, -0.15) is 10.2 Å². The Labute approximate surface area is 265 Å². The summed E-state index contributed by atoms with van der Waals surface area (Å²) in [5, 5.41) is 21.4. The molecule has 3 atom stereocenters. The lowest BCUT2D eigenvalue weighted by molar-refractivity contribution is -0.189. The smallest absolute Gasteiger partial charge is 0.217 e. The van der Waals surface area contributed by atoms with E-state index >= 15 is 0 Å². The minimum absolute atomic E-state index is 0.0419. The van der Waals surface area contributed by atoms with Gasteiger partial charge in [-0.1, -0.05) is 91.6 Å². The van der Waals surface area contributed by atoms with Crippen LogP contribution in [0.5, 0.6) is 0 Å². The molecule has 1 aliphatic rings. The van der Waals surface area contributed by atoms with Crippen molar-refractivity contribution in [3.8, 4) is 0 Å². The van der Waals surface area contributed by atoms with Gasteiger partial charge in [-0.3, -0.25) is 0 Å². The van der Waals surface area contributed by atoms with E-state index < -0.39 is 11.4 Å². The Morgan fingerprint density at radius 2 is 1.60 bits per heavy atom. The highest BCUT2D eigenvalue weighted by Crippen LogP contribution is 2.41. The number of aliphatic hydroxyl groups is 1. The summed E-state index contributed by atoms with van der Waals surface area (Å²) in [4.78, 5) is 7.87. The number of hydrogen-bond donors (Lipinski definition) is 1. The van der Waals surface area contributed by atoms with E-state index in [4.69, 9.17) is 55.9 Å². The maximum Gasteiger partial charge on any atom is 0.217 e. The molecule has 3 heterocycles. The maximum absolute atomic E-state index is 11.0. The molecule has 0 aliphatic carbocycles. The van der Waals surface area contributed by atoms with Crippen LogP contribution in [0, 0.1) is 0 Å². The molecule has 5 rings (SSSR count). The van der Waals surface area contributed by atoms with Crippen LogP contribution in [0.2, 0.25) is 20.1 Å². The minimum atomic E-state index is -1.08. The van der Waals surface area contributed by atoms with E-state index in [1.807, 2.05) is 6.07 Å². The Kier molecular flexibility index (Phi) is 11.6. The van der Waals surface area contributed by atoms with E-state index in [-0.39, 0.29) is 6.10 Å². The van der Waals surface area contributed by atoms with Crippen molar-refractivity contribution in [1.29, 1.82) is 0 Å². The summed E-state index contributed by atoms with van der Waals surface area (Å²) in [6.07, 6.45) is 10.6. The minimum Gasteiger partial charge on any atom is -0.383 e. The third kappa shape index (κ3) is 8.23. The monoisotopic (exact) mass is 654 g/mol. The van der Waals surface area contributed by atoms with Crippen LogP contribution in [0.4, 0.5) is 0 Å². The van der Waals surface area contributed by atoms with E-state index in [0.717, 1.165) is 31.2 Å². The molecule has 1 fully saturated rings. The predicted octanol–water partition coefficient (Wildman–Crippen LogP) is 7.32. The lowest BCUT2D eigenvalue weighted by Crippen LogP contribution is -2.34. The molecule has 0 amide bonds. The highest BCUT2D eigenvalue weighted by Gasteiger charge is 2.45. The molecule has 3 unspecified atom stereocenters. The largest absolute Gasteiger partial charge is 0.383 e. The normalized spacial score (nSPS) is 19.7. The first-order valence-electron chi connectivity index (χ1n) is 13.8.